The summed E-state index contributed by atoms with van der Waals surface area (Å²) in [5.41, 5.74) is 0.523. The number of unbranched alkanes of at least 4 members (excludes halogenated alkanes) is 1. The molecule has 0 spiro atoms. The van der Waals surface area contributed by atoms with E-state index in [1.807, 2.05) is 6.92 Å². The molecule has 0 bridgehead atoms. The minimum Gasteiger partial charge on any atom is -0.237 e. The second-order valence-electron chi connectivity index (χ2n) is 5.86. The van der Waals surface area contributed by atoms with Gasteiger partial charge in [-0.3, -0.25) is 0 Å². The van der Waals surface area contributed by atoms with E-state index in [2.05, 4.69) is 46.4 Å². The molecule has 0 amide bonds. The van der Waals surface area contributed by atoms with Crippen molar-refractivity contribution in [1.29, 1.82) is 0 Å². The van der Waals surface area contributed by atoms with Crippen LogP contribution in [0.4, 0.5) is 0 Å². The van der Waals surface area contributed by atoms with Gasteiger partial charge in [-0.05, 0) is 31.1 Å². The average Bonchev–Trinajstić information content (AvgIpc) is 2.23. The third-order valence-electron chi connectivity index (χ3n) is 2.44. The van der Waals surface area contributed by atoms with Crippen molar-refractivity contribution in [2.24, 2.45) is 11.3 Å². The highest BCUT2D eigenvalue weighted by Crippen LogP contribution is 2.25. The molecule has 18 heavy (non-hydrogen) atoms. The number of hydrogen-bond acceptors (Lipinski definition) is 2. The third kappa shape index (κ3) is 24.9. The van der Waals surface area contributed by atoms with Crippen LogP contribution in [0.25, 0.3) is 0 Å². The Balaban J connectivity index is -0.000000238. The van der Waals surface area contributed by atoms with Crippen LogP contribution in [0.1, 0.15) is 81.6 Å². The highest BCUT2D eigenvalue weighted by atomic mass is 17.2. The van der Waals surface area contributed by atoms with Crippen molar-refractivity contribution >= 4 is 0 Å². The van der Waals surface area contributed by atoms with E-state index in [0.29, 0.717) is 12.0 Å². The molecule has 0 aliphatic carbocycles. The summed E-state index contributed by atoms with van der Waals surface area (Å²) in [5, 5.41) is 0. The van der Waals surface area contributed by atoms with E-state index >= 15 is 0 Å². The lowest BCUT2D eigenvalue weighted by Crippen LogP contribution is -2.09. The second-order valence-corrected chi connectivity index (χ2v) is 5.86. The molecule has 0 aromatic rings. The van der Waals surface area contributed by atoms with E-state index in [4.69, 9.17) is 4.89 Å². The standard InChI is InChI=1S/C9H20.C6H14O2.CH4/c1-6-8(2)7-9(3,4)5;1-3-5-6-8-7-4-2;/h8H,6-7H2,1-5H3;3-6H2,1-2H3;1H4. The van der Waals surface area contributed by atoms with Crippen LogP contribution < -0.4 is 0 Å². The maximum atomic E-state index is 4.72. The smallest absolute Gasteiger partial charge is 0.0822 e. The van der Waals surface area contributed by atoms with Gasteiger partial charge in [0.1, 0.15) is 0 Å². The van der Waals surface area contributed by atoms with Gasteiger partial charge in [-0.1, -0.05) is 61.8 Å². The summed E-state index contributed by atoms with van der Waals surface area (Å²) in [5.74, 6) is 0.894. The zero-order valence-electron chi connectivity index (χ0n) is 13.1. The Labute approximate surface area is 116 Å². The predicted molar refractivity (Wildman–Crippen MR) is 82.7 cm³/mol. The Hall–Kier alpha value is -0.0800. The molecule has 0 aliphatic heterocycles. The van der Waals surface area contributed by atoms with E-state index in [0.717, 1.165) is 25.4 Å². The maximum Gasteiger partial charge on any atom is 0.0822 e. The molecule has 0 saturated heterocycles. The summed E-state index contributed by atoms with van der Waals surface area (Å²) in [7, 11) is 0. The lowest BCUT2D eigenvalue weighted by molar-refractivity contribution is -0.291. The molecule has 0 radical (unpaired) electrons. The predicted octanol–water partition coefficient (Wildman–Crippen LogP) is 5.86. The van der Waals surface area contributed by atoms with Gasteiger partial charge in [0.05, 0.1) is 13.2 Å². The molecule has 0 aliphatic rings. The molecule has 114 valence electrons. The van der Waals surface area contributed by atoms with Crippen LogP contribution in [-0.4, -0.2) is 13.2 Å². The first-order chi connectivity index (χ1) is 7.87. The highest BCUT2D eigenvalue weighted by Gasteiger charge is 2.13. The Morgan fingerprint density at radius 1 is 1.00 bits per heavy atom. The Kier molecular flexibility index (Phi) is 19.2. The lowest BCUT2D eigenvalue weighted by atomic mass is 9.84. The minimum absolute atomic E-state index is 0. The van der Waals surface area contributed by atoms with Gasteiger partial charge in [0.15, 0.2) is 0 Å². The fourth-order valence-electron chi connectivity index (χ4n) is 1.54. The summed E-state index contributed by atoms with van der Waals surface area (Å²) in [6.45, 7) is 16.9. The summed E-state index contributed by atoms with van der Waals surface area (Å²) in [6, 6.07) is 0. The Bertz CT molecular complexity index is 133. The molecule has 1 atom stereocenters. The maximum absolute atomic E-state index is 4.72. The second kappa shape index (κ2) is 15.0. The zero-order valence-corrected chi connectivity index (χ0v) is 13.1. The first-order valence-electron chi connectivity index (χ1n) is 7.11. The molecule has 0 fully saturated rings. The van der Waals surface area contributed by atoms with Crippen molar-refractivity contribution in [3.05, 3.63) is 0 Å². The van der Waals surface area contributed by atoms with Crippen LogP contribution >= 0.6 is 0 Å². The van der Waals surface area contributed by atoms with E-state index in [-0.39, 0.29) is 7.43 Å². The van der Waals surface area contributed by atoms with E-state index in [1.165, 1.54) is 12.8 Å². The molecule has 0 N–H and O–H groups in total. The SMILES string of the molecule is C.CCC(C)CC(C)(C)C.CCCCOOCC. The number of rotatable bonds is 7. The van der Waals surface area contributed by atoms with Crippen LogP contribution in [0.2, 0.25) is 0 Å². The summed E-state index contributed by atoms with van der Waals surface area (Å²) < 4.78 is 0. The topological polar surface area (TPSA) is 18.5 Å². The Morgan fingerprint density at radius 3 is 1.83 bits per heavy atom. The average molecular weight is 262 g/mol. The number of hydrogen-bond donors (Lipinski definition) is 0. The lowest BCUT2D eigenvalue weighted by Gasteiger charge is -2.21. The van der Waals surface area contributed by atoms with Gasteiger partial charge in [0.25, 0.3) is 0 Å². The summed E-state index contributed by atoms with van der Waals surface area (Å²) in [6.07, 6.45) is 4.91. The van der Waals surface area contributed by atoms with Gasteiger partial charge in [0, 0.05) is 0 Å². The van der Waals surface area contributed by atoms with Crippen LogP contribution in [-0.2, 0) is 9.78 Å². The highest BCUT2D eigenvalue weighted by molar-refractivity contribution is 4.64. The van der Waals surface area contributed by atoms with Crippen molar-refractivity contribution in [2.45, 2.75) is 81.6 Å². The van der Waals surface area contributed by atoms with E-state index < -0.39 is 0 Å². The van der Waals surface area contributed by atoms with Crippen LogP contribution in [0.15, 0.2) is 0 Å². The molecule has 2 heteroatoms. The zero-order chi connectivity index (χ0) is 13.7. The minimum atomic E-state index is 0. The normalized spacial score (nSPS) is 12.2. The summed E-state index contributed by atoms with van der Waals surface area (Å²) >= 11 is 0. The summed E-state index contributed by atoms with van der Waals surface area (Å²) in [4.78, 5) is 9.36. The van der Waals surface area contributed by atoms with Crippen molar-refractivity contribution in [3.63, 3.8) is 0 Å². The first-order valence-corrected chi connectivity index (χ1v) is 7.11. The first kappa shape index (κ1) is 23.0. The molecule has 0 aromatic carbocycles. The van der Waals surface area contributed by atoms with Gasteiger partial charge < -0.3 is 0 Å². The molecular weight excluding hydrogens is 224 g/mol. The molecule has 0 saturated carbocycles. The van der Waals surface area contributed by atoms with Gasteiger partial charge in [-0.25, -0.2) is 9.78 Å². The van der Waals surface area contributed by atoms with Crippen LogP contribution in [0.5, 0.6) is 0 Å². The van der Waals surface area contributed by atoms with E-state index in [1.54, 1.807) is 0 Å². The Morgan fingerprint density at radius 2 is 1.56 bits per heavy atom. The van der Waals surface area contributed by atoms with Gasteiger partial charge in [0.2, 0.25) is 0 Å². The molecule has 0 rings (SSSR count). The fourth-order valence-corrected chi connectivity index (χ4v) is 1.54. The van der Waals surface area contributed by atoms with Crippen molar-refractivity contribution in [2.75, 3.05) is 13.2 Å². The molecule has 0 heterocycles. The molecule has 0 aromatic heterocycles. The van der Waals surface area contributed by atoms with Crippen molar-refractivity contribution in [1.82, 2.24) is 0 Å². The van der Waals surface area contributed by atoms with Gasteiger partial charge in [-0.15, -0.1) is 0 Å². The largest absolute Gasteiger partial charge is 0.237 e. The van der Waals surface area contributed by atoms with Crippen molar-refractivity contribution in [3.8, 4) is 0 Å². The third-order valence-corrected chi connectivity index (χ3v) is 2.44. The van der Waals surface area contributed by atoms with Crippen LogP contribution in [0.3, 0.4) is 0 Å². The monoisotopic (exact) mass is 262 g/mol. The molecular formula is C16H38O2. The van der Waals surface area contributed by atoms with E-state index in [9.17, 15) is 0 Å². The fraction of sp³-hybridized carbons (Fsp3) is 1.00. The molecule has 2 nitrogen and oxygen atoms in total. The van der Waals surface area contributed by atoms with Gasteiger partial charge >= 0.3 is 0 Å². The van der Waals surface area contributed by atoms with Crippen molar-refractivity contribution < 1.29 is 9.78 Å². The quantitative estimate of drug-likeness (QED) is 0.325. The molecule has 1 unspecified atom stereocenters. The van der Waals surface area contributed by atoms with Crippen LogP contribution in [0, 0.1) is 11.3 Å². The van der Waals surface area contributed by atoms with Gasteiger partial charge in [-0.2, -0.15) is 0 Å².